The Morgan fingerprint density at radius 1 is 1.28 bits per heavy atom. The zero-order valence-electron chi connectivity index (χ0n) is 13.1. The Morgan fingerprint density at radius 2 is 2.00 bits per heavy atom. The maximum absolute atomic E-state index is 12.8. The molecule has 1 aliphatic rings. The summed E-state index contributed by atoms with van der Waals surface area (Å²) in [5.74, 6) is -1.18. The van der Waals surface area contributed by atoms with Crippen LogP contribution in [0.1, 0.15) is 5.56 Å². The van der Waals surface area contributed by atoms with Gasteiger partial charge in [0.2, 0.25) is 0 Å². The van der Waals surface area contributed by atoms with E-state index in [1.165, 1.54) is 31.3 Å². The van der Waals surface area contributed by atoms with E-state index in [-0.39, 0.29) is 17.0 Å². The summed E-state index contributed by atoms with van der Waals surface area (Å²) < 4.78 is 26.7. The number of benzene rings is 2. The van der Waals surface area contributed by atoms with Crippen LogP contribution < -0.4 is 9.37 Å². The molecule has 0 amide bonds. The number of hydrogen-bond acceptors (Lipinski definition) is 5. The third-order valence-electron chi connectivity index (χ3n) is 4.13. The first-order chi connectivity index (χ1) is 11.7. The van der Waals surface area contributed by atoms with Gasteiger partial charge in [0.25, 0.3) is 10.0 Å². The molecule has 0 fully saturated rings. The van der Waals surface area contributed by atoms with Crippen LogP contribution in [0.3, 0.4) is 0 Å². The molecule has 1 atom stereocenters. The Kier molecular flexibility index (Phi) is 4.36. The van der Waals surface area contributed by atoms with Gasteiger partial charge in [-0.25, -0.2) is 18.3 Å². The van der Waals surface area contributed by atoms with Gasteiger partial charge >= 0.3 is 5.97 Å². The van der Waals surface area contributed by atoms with Gasteiger partial charge in [-0.1, -0.05) is 23.7 Å². The number of fused-ring (bicyclic) bond motifs is 1. The summed E-state index contributed by atoms with van der Waals surface area (Å²) in [5.41, 5.74) is 1.13. The summed E-state index contributed by atoms with van der Waals surface area (Å²) >= 11 is 5.91. The van der Waals surface area contributed by atoms with Crippen LogP contribution in [-0.2, 0) is 21.2 Å². The topological polar surface area (TPSA) is 98.2 Å². The van der Waals surface area contributed by atoms with Gasteiger partial charge in [-0.3, -0.25) is 9.51 Å². The van der Waals surface area contributed by atoms with E-state index in [4.69, 9.17) is 16.7 Å². The van der Waals surface area contributed by atoms with Crippen molar-refractivity contribution in [2.45, 2.75) is 17.4 Å². The predicted octanol–water partition coefficient (Wildman–Crippen LogP) is 2.37. The summed E-state index contributed by atoms with van der Waals surface area (Å²) in [6.45, 7) is 0. The highest BCUT2D eigenvalue weighted by Crippen LogP contribution is 2.34. The third-order valence-corrected chi connectivity index (χ3v) is 6.14. The fraction of sp³-hybridized carbons (Fsp3) is 0.188. The highest BCUT2D eigenvalue weighted by atomic mass is 35.5. The molecule has 1 heterocycles. The van der Waals surface area contributed by atoms with E-state index in [1.807, 2.05) is 0 Å². The minimum absolute atomic E-state index is 0.0567. The molecule has 2 aromatic carbocycles. The minimum Gasteiger partial charge on any atom is -0.480 e. The van der Waals surface area contributed by atoms with Crippen molar-refractivity contribution < 1.29 is 23.5 Å². The number of carbonyl (C=O) groups is 1. The maximum atomic E-state index is 12.8. The fourth-order valence-corrected chi connectivity index (χ4v) is 4.11. The second-order valence-electron chi connectivity index (χ2n) is 5.65. The second-order valence-corrected chi connectivity index (χ2v) is 8.05. The molecule has 3 rings (SSSR count). The fourth-order valence-electron chi connectivity index (χ4n) is 2.71. The number of carboxylic acid groups (broad SMARTS) is 1. The molecule has 0 aliphatic carbocycles. The van der Waals surface area contributed by atoms with E-state index in [9.17, 15) is 18.4 Å². The SMILES string of the molecule is CN(c1cccc(Cl)c1)S(=O)(=O)c1ccc2c(c1)N(O)C(C(=O)O)C2. The minimum atomic E-state index is -3.90. The second kappa shape index (κ2) is 6.21. The van der Waals surface area contributed by atoms with Crippen molar-refractivity contribution in [2.24, 2.45) is 0 Å². The van der Waals surface area contributed by atoms with E-state index in [0.717, 1.165) is 4.31 Å². The number of sulfonamides is 1. The standard InChI is InChI=1S/C16H15ClN2O5S/c1-18(12-4-2-3-11(17)8-12)25(23,24)13-6-5-10-7-15(16(20)21)19(22)14(10)9-13/h2-6,8-9,15,22H,7H2,1H3,(H,20,21). The number of nitrogens with zero attached hydrogens (tertiary/aromatic N) is 2. The van der Waals surface area contributed by atoms with Gasteiger partial charge in [0.05, 0.1) is 16.3 Å². The lowest BCUT2D eigenvalue weighted by Crippen LogP contribution is -2.36. The van der Waals surface area contributed by atoms with E-state index in [1.54, 1.807) is 18.2 Å². The van der Waals surface area contributed by atoms with Crippen molar-refractivity contribution in [1.82, 2.24) is 0 Å². The Labute approximate surface area is 149 Å². The van der Waals surface area contributed by atoms with Crippen LogP contribution in [-0.4, -0.2) is 37.8 Å². The van der Waals surface area contributed by atoms with Crippen molar-refractivity contribution in [3.05, 3.63) is 53.1 Å². The Hall–Kier alpha value is -2.29. The first kappa shape index (κ1) is 17.5. The molecular formula is C16H15ClN2O5S. The van der Waals surface area contributed by atoms with Gasteiger partial charge in [-0.05, 0) is 35.9 Å². The Balaban J connectivity index is 1.99. The number of hydrogen-bond donors (Lipinski definition) is 2. The van der Waals surface area contributed by atoms with E-state index >= 15 is 0 Å². The van der Waals surface area contributed by atoms with Gasteiger partial charge in [-0.15, -0.1) is 0 Å². The molecule has 0 saturated heterocycles. The molecule has 0 spiro atoms. The Bertz CT molecular complexity index is 947. The van der Waals surface area contributed by atoms with Crippen molar-refractivity contribution in [1.29, 1.82) is 0 Å². The summed E-state index contributed by atoms with van der Waals surface area (Å²) in [6.07, 6.45) is 0.103. The number of hydroxylamine groups is 1. The summed E-state index contributed by atoms with van der Waals surface area (Å²) in [4.78, 5) is 11.1. The lowest BCUT2D eigenvalue weighted by Gasteiger charge is -2.21. The zero-order valence-corrected chi connectivity index (χ0v) is 14.7. The summed E-state index contributed by atoms with van der Waals surface area (Å²) in [7, 11) is -2.51. The highest BCUT2D eigenvalue weighted by molar-refractivity contribution is 7.92. The van der Waals surface area contributed by atoms with E-state index in [2.05, 4.69) is 0 Å². The smallest absolute Gasteiger partial charge is 0.329 e. The molecule has 1 aliphatic heterocycles. The molecule has 0 radical (unpaired) electrons. The highest BCUT2D eigenvalue weighted by Gasteiger charge is 2.35. The van der Waals surface area contributed by atoms with Crippen LogP contribution in [0.4, 0.5) is 11.4 Å². The average molecular weight is 383 g/mol. The van der Waals surface area contributed by atoms with Gasteiger partial charge in [0.15, 0.2) is 6.04 Å². The predicted molar refractivity (Wildman–Crippen MR) is 92.9 cm³/mol. The van der Waals surface area contributed by atoms with Crippen molar-refractivity contribution in [2.75, 3.05) is 16.4 Å². The quantitative estimate of drug-likeness (QED) is 0.842. The molecule has 1 unspecified atom stereocenters. The molecule has 2 aromatic rings. The normalized spacial score (nSPS) is 16.6. The van der Waals surface area contributed by atoms with Crippen LogP contribution in [0.15, 0.2) is 47.4 Å². The molecule has 0 bridgehead atoms. The van der Waals surface area contributed by atoms with Gasteiger partial charge in [-0.2, -0.15) is 0 Å². The molecule has 132 valence electrons. The zero-order chi connectivity index (χ0) is 18.4. The number of anilines is 2. The van der Waals surface area contributed by atoms with Gasteiger partial charge in [0.1, 0.15) is 0 Å². The van der Waals surface area contributed by atoms with E-state index < -0.39 is 22.0 Å². The molecule has 0 saturated carbocycles. The molecular weight excluding hydrogens is 368 g/mol. The Morgan fingerprint density at radius 3 is 2.64 bits per heavy atom. The maximum Gasteiger partial charge on any atom is 0.329 e. The summed E-state index contributed by atoms with van der Waals surface area (Å²) in [6, 6.07) is 9.46. The monoisotopic (exact) mass is 382 g/mol. The lowest BCUT2D eigenvalue weighted by molar-refractivity contribution is -0.139. The number of rotatable bonds is 4. The van der Waals surface area contributed by atoms with Gasteiger partial charge in [0, 0.05) is 18.5 Å². The lowest BCUT2D eigenvalue weighted by atomic mass is 10.1. The molecule has 25 heavy (non-hydrogen) atoms. The first-order valence-electron chi connectivity index (χ1n) is 7.30. The molecule has 9 heteroatoms. The van der Waals surface area contributed by atoms with Crippen LogP contribution in [0, 0.1) is 0 Å². The largest absolute Gasteiger partial charge is 0.480 e. The van der Waals surface area contributed by atoms with Gasteiger partial charge < -0.3 is 5.11 Å². The number of halogens is 1. The van der Waals surface area contributed by atoms with Crippen LogP contribution in [0.25, 0.3) is 0 Å². The molecule has 2 N–H and O–H groups in total. The van der Waals surface area contributed by atoms with Crippen LogP contribution in [0.2, 0.25) is 5.02 Å². The third kappa shape index (κ3) is 3.04. The van der Waals surface area contributed by atoms with Crippen LogP contribution in [0.5, 0.6) is 0 Å². The average Bonchev–Trinajstić information content (AvgIpc) is 2.91. The summed E-state index contributed by atoms with van der Waals surface area (Å²) in [5, 5.41) is 20.1. The molecule has 0 aromatic heterocycles. The van der Waals surface area contributed by atoms with Crippen LogP contribution >= 0.6 is 11.6 Å². The van der Waals surface area contributed by atoms with Crippen molar-refractivity contribution in [3.8, 4) is 0 Å². The number of carboxylic acids is 1. The van der Waals surface area contributed by atoms with Crippen molar-refractivity contribution in [3.63, 3.8) is 0 Å². The molecule has 7 nitrogen and oxygen atoms in total. The van der Waals surface area contributed by atoms with E-state index in [0.29, 0.717) is 21.3 Å². The first-order valence-corrected chi connectivity index (χ1v) is 9.12. The van der Waals surface area contributed by atoms with Crippen molar-refractivity contribution >= 4 is 39.0 Å². The number of aliphatic carboxylic acids is 1.